The molecule has 120 valence electrons. The van der Waals surface area contributed by atoms with Crippen LogP contribution in [0.25, 0.3) is 0 Å². The predicted molar refractivity (Wildman–Crippen MR) is 94.2 cm³/mol. The van der Waals surface area contributed by atoms with Crippen LogP contribution in [-0.4, -0.2) is 29.9 Å². The number of hydrogen-bond donors (Lipinski definition) is 1. The van der Waals surface area contributed by atoms with Crippen LogP contribution in [0.15, 0.2) is 12.2 Å². The van der Waals surface area contributed by atoms with Gasteiger partial charge in [0.25, 0.3) is 0 Å². The number of aliphatic carboxylic acids is 1. The summed E-state index contributed by atoms with van der Waals surface area (Å²) in [6.07, 6.45) is 21.2. The van der Waals surface area contributed by atoms with E-state index in [4.69, 9.17) is 5.11 Å². The Labute approximate surface area is 144 Å². The second kappa shape index (κ2) is 19.8. The van der Waals surface area contributed by atoms with Crippen molar-refractivity contribution in [3.8, 4) is 0 Å². The van der Waals surface area contributed by atoms with Gasteiger partial charge in [0.05, 0.1) is 0 Å². The van der Waals surface area contributed by atoms with Crippen LogP contribution in [0.1, 0.15) is 96.8 Å². The van der Waals surface area contributed by atoms with Crippen molar-refractivity contribution >= 4 is 24.8 Å². The summed E-state index contributed by atoms with van der Waals surface area (Å²) < 4.78 is 0. The summed E-state index contributed by atoms with van der Waals surface area (Å²) in [5.74, 6) is -0.664. The third-order valence-corrected chi connectivity index (χ3v) is 3.65. The quantitative estimate of drug-likeness (QED) is 0.247. The fraction of sp³-hybridized carbons (Fsp3) is 0.833. The summed E-state index contributed by atoms with van der Waals surface area (Å²) in [4.78, 5) is 10.3. The van der Waals surface area contributed by atoms with E-state index >= 15 is 0 Å². The molecular weight excluding hydrogens is 255 g/mol. The molecule has 0 amide bonds. The van der Waals surface area contributed by atoms with Crippen molar-refractivity contribution in [1.82, 2.24) is 0 Å². The van der Waals surface area contributed by atoms with Crippen LogP contribution < -0.4 is 0 Å². The van der Waals surface area contributed by atoms with E-state index in [2.05, 4.69) is 19.1 Å². The molecule has 0 fully saturated rings. The maximum atomic E-state index is 10.3. The summed E-state index contributed by atoms with van der Waals surface area (Å²) in [6.45, 7) is 2.26. The number of unbranched alkanes of at least 4 members (excludes halogenated alkanes) is 11. The topological polar surface area (TPSA) is 37.3 Å². The van der Waals surface area contributed by atoms with E-state index in [1.807, 2.05) is 0 Å². The van der Waals surface area contributed by atoms with Crippen molar-refractivity contribution in [2.45, 2.75) is 96.8 Å². The van der Waals surface area contributed by atoms with Gasteiger partial charge in [-0.15, -0.1) is 0 Å². The van der Waals surface area contributed by atoms with Crippen LogP contribution in [0.5, 0.6) is 0 Å². The first kappa shape index (κ1) is 23.1. The Morgan fingerprint density at radius 2 is 1.19 bits per heavy atom. The molecule has 21 heavy (non-hydrogen) atoms. The van der Waals surface area contributed by atoms with Crippen molar-refractivity contribution in [1.29, 1.82) is 0 Å². The summed E-state index contributed by atoms with van der Waals surface area (Å²) in [7, 11) is 0. The van der Waals surface area contributed by atoms with E-state index in [9.17, 15) is 4.79 Å². The summed E-state index contributed by atoms with van der Waals surface area (Å²) in [6, 6.07) is 0. The minimum atomic E-state index is -0.664. The van der Waals surface area contributed by atoms with Crippen LogP contribution in [0.4, 0.5) is 0 Å². The molecule has 0 rings (SSSR count). The summed E-state index contributed by atoms with van der Waals surface area (Å²) in [5.41, 5.74) is 0. The van der Waals surface area contributed by atoms with Gasteiger partial charge in [0.15, 0.2) is 0 Å². The molecule has 0 atom stereocenters. The Morgan fingerprint density at radius 1 is 0.762 bits per heavy atom. The standard InChI is InChI=1S/C18H34O2.Li.H/c1-2-3-4-5-6-7-8-9-10-11-12-13-14-15-16-17-18(19)20;;/h9-10H,2-8,11-17H2,1H3,(H,19,20);;/b10-9-;;. The first-order valence-corrected chi connectivity index (χ1v) is 8.64. The monoisotopic (exact) mass is 290 g/mol. The van der Waals surface area contributed by atoms with Gasteiger partial charge >= 0.3 is 24.8 Å². The molecule has 1 N–H and O–H groups in total. The molecule has 0 aliphatic rings. The van der Waals surface area contributed by atoms with E-state index in [0.717, 1.165) is 12.8 Å². The number of rotatable bonds is 15. The van der Waals surface area contributed by atoms with Gasteiger partial charge in [0.2, 0.25) is 0 Å². The fourth-order valence-electron chi connectivity index (χ4n) is 2.35. The molecule has 0 heterocycles. The Kier molecular flexibility index (Phi) is 21.8. The molecule has 0 aromatic heterocycles. The second-order valence-electron chi connectivity index (χ2n) is 5.73. The van der Waals surface area contributed by atoms with Crippen LogP contribution in [0, 0.1) is 0 Å². The van der Waals surface area contributed by atoms with Gasteiger partial charge in [0.1, 0.15) is 0 Å². The molecule has 0 spiro atoms. The van der Waals surface area contributed by atoms with Crippen molar-refractivity contribution in [3.63, 3.8) is 0 Å². The van der Waals surface area contributed by atoms with E-state index in [1.54, 1.807) is 0 Å². The molecule has 3 heteroatoms. The van der Waals surface area contributed by atoms with Crippen LogP contribution in [0.2, 0.25) is 0 Å². The van der Waals surface area contributed by atoms with Crippen LogP contribution in [0.3, 0.4) is 0 Å². The number of carboxylic acids is 1. The summed E-state index contributed by atoms with van der Waals surface area (Å²) >= 11 is 0. The van der Waals surface area contributed by atoms with Crippen molar-refractivity contribution < 1.29 is 9.90 Å². The van der Waals surface area contributed by atoms with Gasteiger partial charge in [-0.25, -0.2) is 0 Å². The Morgan fingerprint density at radius 3 is 1.67 bits per heavy atom. The van der Waals surface area contributed by atoms with E-state index < -0.39 is 5.97 Å². The zero-order valence-electron chi connectivity index (χ0n) is 13.4. The van der Waals surface area contributed by atoms with Crippen molar-refractivity contribution in [2.24, 2.45) is 0 Å². The number of carboxylic acid groups (broad SMARTS) is 1. The maximum absolute atomic E-state index is 10.3. The Balaban J connectivity index is 0. The first-order chi connectivity index (χ1) is 9.77. The van der Waals surface area contributed by atoms with Crippen LogP contribution >= 0.6 is 0 Å². The zero-order chi connectivity index (χ0) is 14.9. The normalized spacial score (nSPS) is 10.7. The molecule has 0 aliphatic heterocycles. The number of hydrogen-bond acceptors (Lipinski definition) is 1. The first-order valence-electron chi connectivity index (χ1n) is 8.64. The Hall–Kier alpha value is -0.193. The average molecular weight is 290 g/mol. The fourth-order valence-corrected chi connectivity index (χ4v) is 2.35. The molecule has 0 saturated heterocycles. The molecule has 0 unspecified atom stereocenters. The van der Waals surface area contributed by atoms with Gasteiger partial charge in [-0.2, -0.15) is 0 Å². The predicted octanol–water partition coefficient (Wildman–Crippen LogP) is 5.46. The van der Waals surface area contributed by atoms with E-state index in [-0.39, 0.29) is 18.9 Å². The van der Waals surface area contributed by atoms with Crippen molar-refractivity contribution in [2.75, 3.05) is 0 Å². The molecular formula is C18H35LiO2. The molecule has 2 nitrogen and oxygen atoms in total. The third kappa shape index (κ3) is 22.2. The molecule has 0 saturated carbocycles. The third-order valence-electron chi connectivity index (χ3n) is 3.65. The molecule has 0 bridgehead atoms. The van der Waals surface area contributed by atoms with Gasteiger partial charge in [0, 0.05) is 6.42 Å². The molecule has 0 aliphatic carbocycles. The van der Waals surface area contributed by atoms with Crippen molar-refractivity contribution in [3.05, 3.63) is 12.2 Å². The van der Waals surface area contributed by atoms with Crippen LogP contribution in [-0.2, 0) is 4.79 Å². The SMILES string of the molecule is CCCCCCCC/C=C\CCCCCCCC(=O)O.[LiH]. The number of allylic oxidation sites excluding steroid dienone is 2. The zero-order valence-corrected chi connectivity index (χ0v) is 13.4. The number of carbonyl (C=O) groups is 1. The summed E-state index contributed by atoms with van der Waals surface area (Å²) in [5, 5.41) is 8.51. The molecule has 0 aromatic rings. The Bertz CT molecular complexity index is 239. The average Bonchev–Trinajstić information content (AvgIpc) is 2.43. The van der Waals surface area contributed by atoms with Gasteiger partial charge in [-0.05, 0) is 32.1 Å². The minimum absolute atomic E-state index is 0. The van der Waals surface area contributed by atoms with E-state index in [1.165, 1.54) is 70.6 Å². The van der Waals surface area contributed by atoms with Gasteiger partial charge in [-0.3, -0.25) is 4.79 Å². The second-order valence-corrected chi connectivity index (χ2v) is 5.73. The van der Waals surface area contributed by atoms with E-state index in [0.29, 0.717) is 6.42 Å². The van der Waals surface area contributed by atoms with Gasteiger partial charge in [-0.1, -0.05) is 70.4 Å². The van der Waals surface area contributed by atoms with Gasteiger partial charge < -0.3 is 5.11 Å². The molecule has 0 radical (unpaired) electrons. The molecule has 0 aromatic carbocycles.